The quantitative estimate of drug-likeness (QED) is 0.507. The maximum absolute atomic E-state index is 13.2. The van der Waals surface area contributed by atoms with Crippen LogP contribution in [0.1, 0.15) is 13.8 Å². The Morgan fingerprint density at radius 3 is 2.44 bits per heavy atom. The molecule has 0 aliphatic carbocycles. The van der Waals surface area contributed by atoms with Gasteiger partial charge in [-0.15, -0.1) is 10.2 Å². The van der Waals surface area contributed by atoms with Crippen LogP contribution in [-0.4, -0.2) is 54.7 Å². The molecule has 1 heterocycles. The van der Waals surface area contributed by atoms with Gasteiger partial charge in [0, 0.05) is 19.3 Å². The Kier molecular flexibility index (Phi) is 7.14. The fraction of sp³-hybridized carbons (Fsp3) is 0.400. The van der Waals surface area contributed by atoms with Crippen LogP contribution in [0.25, 0.3) is 0 Å². The van der Waals surface area contributed by atoms with Gasteiger partial charge >= 0.3 is 10.2 Å². The van der Waals surface area contributed by atoms with E-state index in [1.807, 2.05) is 13.8 Å². The first-order valence-electron chi connectivity index (χ1n) is 7.85. The highest BCUT2D eigenvalue weighted by molar-refractivity contribution is 8.01. The Morgan fingerprint density at radius 2 is 1.89 bits per heavy atom. The highest BCUT2D eigenvalue weighted by Crippen LogP contribution is 2.28. The summed E-state index contributed by atoms with van der Waals surface area (Å²) in [4.78, 5) is 12.4. The fourth-order valence-corrected chi connectivity index (χ4v) is 4.96. The number of nitrogens with zero attached hydrogens (tertiary/aromatic N) is 4. The van der Waals surface area contributed by atoms with Crippen LogP contribution in [0, 0.1) is 5.82 Å². The Labute approximate surface area is 166 Å². The minimum atomic E-state index is -3.96. The fourth-order valence-electron chi connectivity index (χ4n) is 1.91. The van der Waals surface area contributed by atoms with Crippen molar-refractivity contribution in [1.29, 1.82) is 0 Å². The van der Waals surface area contributed by atoms with E-state index in [-0.39, 0.29) is 10.8 Å². The molecule has 2 rings (SSSR count). The number of halogens is 1. The number of hydrogen-bond acceptors (Lipinski definition) is 7. The summed E-state index contributed by atoms with van der Waals surface area (Å²) in [5, 5.41) is 11.0. The van der Waals surface area contributed by atoms with E-state index in [1.54, 1.807) is 0 Å². The molecule has 1 amide bonds. The van der Waals surface area contributed by atoms with Gasteiger partial charge in [-0.05, 0) is 24.3 Å². The van der Waals surface area contributed by atoms with Gasteiger partial charge in [0.25, 0.3) is 0 Å². The van der Waals surface area contributed by atoms with Crippen molar-refractivity contribution in [3.05, 3.63) is 30.1 Å². The van der Waals surface area contributed by atoms with Gasteiger partial charge < -0.3 is 0 Å². The third-order valence-electron chi connectivity index (χ3n) is 3.13. The van der Waals surface area contributed by atoms with Crippen LogP contribution in [-0.2, 0) is 15.0 Å². The summed E-state index contributed by atoms with van der Waals surface area (Å²) in [5.74, 6) is -1.09. The van der Waals surface area contributed by atoms with Gasteiger partial charge in [0.1, 0.15) is 12.4 Å². The monoisotopic (exact) mass is 433 g/mol. The second-order valence-electron chi connectivity index (χ2n) is 5.86. The number of aromatic nitrogens is 2. The summed E-state index contributed by atoms with van der Waals surface area (Å²) in [6.07, 6.45) is 0. The molecule has 27 heavy (non-hydrogen) atoms. The van der Waals surface area contributed by atoms with Gasteiger partial charge in [-0.2, -0.15) is 12.7 Å². The smallest absolute Gasteiger partial charge is 0.299 e. The number of nitrogens with one attached hydrogen (secondary N) is 1. The second-order valence-corrected chi connectivity index (χ2v) is 10.7. The zero-order valence-corrected chi connectivity index (χ0v) is 17.7. The number of thioether (sulfide) groups is 1. The minimum absolute atomic E-state index is 0.175. The lowest BCUT2D eigenvalue weighted by Crippen LogP contribution is -2.44. The molecule has 0 atom stereocenters. The first-order valence-corrected chi connectivity index (χ1v) is 10.9. The van der Waals surface area contributed by atoms with E-state index < -0.39 is 28.5 Å². The Bertz CT molecular complexity index is 884. The van der Waals surface area contributed by atoms with E-state index in [0.29, 0.717) is 9.59 Å². The molecule has 1 aromatic carbocycles. The zero-order valence-electron chi connectivity index (χ0n) is 15.2. The van der Waals surface area contributed by atoms with E-state index in [2.05, 4.69) is 15.5 Å². The van der Waals surface area contributed by atoms with Gasteiger partial charge in [-0.3, -0.25) is 10.1 Å². The van der Waals surface area contributed by atoms with Crippen LogP contribution in [0.2, 0.25) is 0 Å². The molecule has 0 saturated heterocycles. The van der Waals surface area contributed by atoms with Crippen LogP contribution in [0.4, 0.5) is 15.2 Å². The Hall–Kier alpha value is -1.76. The van der Waals surface area contributed by atoms with Crippen molar-refractivity contribution in [2.24, 2.45) is 0 Å². The zero-order chi connectivity index (χ0) is 20.2. The molecule has 0 aliphatic rings. The van der Waals surface area contributed by atoms with Crippen LogP contribution in [0.5, 0.6) is 0 Å². The third-order valence-corrected chi connectivity index (χ3v) is 6.88. The highest BCUT2D eigenvalue weighted by Gasteiger charge is 2.27. The van der Waals surface area contributed by atoms with E-state index in [9.17, 15) is 17.6 Å². The molecule has 0 bridgehead atoms. The maximum Gasteiger partial charge on any atom is 0.304 e. The van der Waals surface area contributed by atoms with Crippen molar-refractivity contribution < 1.29 is 17.6 Å². The van der Waals surface area contributed by atoms with E-state index >= 15 is 0 Å². The minimum Gasteiger partial charge on any atom is -0.299 e. The van der Waals surface area contributed by atoms with Crippen LogP contribution < -0.4 is 9.62 Å². The average molecular weight is 434 g/mol. The van der Waals surface area contributed by atoms with Gasteiger partial charge in [0.15, 0.2) is 4.34 Å². The van der Waals surface area contributed by atoms with E-state index in [1.165, 1.54) is 49.3 Å². The summed E-state index contributed by atoms with van der Waals surface area (Å²) in [5.41, 5.74) is 0.175. The van der Waals surface area contributed by atoms with Crippen molar-refractivity contribution in [2.45, 2.75) is 23.4 Å². The molecule has 0 spiro atoms. The van der Waals surface area contributed by atoms with Crippen molar-refractivity contribution in [1.82, 2.24) is 14.5 Å². The maximum atomic E-state index is 13.2. The first-order chi connectivity index (χ1) is 12.6. The van der Waals surface area contributed by atoms with Crippen LogP contribution in [0.3, 0.4) is 0 Å². The van der Waals surface area contributed by atoms with Gasteiger partial charge in [-0.1, -0.05) is 36.9 Å². The molecule has 1 aromatic heterocycles. The number of benzene rings is 1. The van der Waals surface area contributed by atoms with E-state index in [4.69, 9.17) is 0 Å². The van der Waals surface area contributed by atoms with Crippen molar-refractivity contribution in [2.75, 3.05) is 30.3 Å². The molecular weight excluding hydrogens is 413 g/mol. The second kappa shape index (κ2) is 8.95. The molecule has 0 saturated carbocycles. The number of carbonyl (C=O) groups is 1. The van der Waals surface area contributed by atoms with Crippen LogP contribution in [0.15, 0.2) is 28.6 Å². The average Bonchev–Trinajstić information content (AvgIpc) is 2.99. The Balaban J connectivity index is 2.18. The Morgan fingerprint density at radius 1 is 1.26 bits per heavy atom. The van der Waals surface area contributed by atoms with Gasteiger partial charge in [0.05, 0.1) is 5.69 Å². The van der Waals surface area contributed by atoms with Crippen molar-refractivity contribution in [3.63, 3.8) is 0 Å². The highest BCUT2D eigenvalue weighted by atomic mass is 32.2. The third kappa shape index (κ3) is 5.86. The number of rotatable bonds is 8. The molecule has 1 N–H and O–H groups in total. The molecular formula is C15H20FN5O3S3. The number of hydrogen-bond donors (Lipinski definition) is 1. The molecule has 2 aromatic rings. The summed E-state index contributed by atoms with van der Waals surface area (Å²) < 4.78 is 40.9. The summed E-state index contributed by atoms with van der Waals surface area (Å²) in [6, 6.07) is 4.86. The lowest BCUT2D eigenvalue weighted by Gasteiger charge is -2.26. The predicted octanol–water partition coefficient (Wildman–Crippen LogP) is 2.43. The predicted molar refractivity (Wildman–Crippen MR) is 106 cm³/mol. The van der Waals surface area contributed by atoms with Crippen molar-refractivity contribution in [3.8, 4) is 0 Å². The molecule has 0 radical (unpaired) electrons. The molecule has 148 valence electrons. The molecule has 0 fully saturated rings. The SMILES string of the molecule is CC(C)Sc1nnc(NC(=O)CN(c2ccc(F)cc2)S(=O)(=O)N(C)C)s1. The summed E-state index contributed by atoms with van der Waals surface area (Å²) in [6.45, 7) is 3.53. The lowest BCUT2D eigenvalue weighted by molar-refractivity contribution is -0.114. The lowest BCUT2D eigenvalue weighted by atomic mass is 10.3. The molecule has 12 heteroatoms. The topological polar surface area (TPSA) is 95.5 Å². The summed E-state index contributed by atoms with van der Waals surface area (Å²) >= 11 is 2.72. The first kappa shape index (κ1) is 21.5. The molecule has 0 aliphatic heterocycles. The molecule has 0 unspecified atom stereocenters. The standard InChI is InChI=1S/C15H20FN5O3S3/c1-10(2)25-15-19-18-14(26-15)17-13(22)9-21(27(23,24)20(3)4)12-7-5-11(16)6-8-12/h5-8,10H,9H2,1-4H3,(H,17,18,22). The molecule has 8 nitrogen and oxygen atoms in total. The van der Waals surface area contributed by atoms with Crippen LogP contribution >= 0.6 is 23.1 Å². The number of amides is 1. The largest absolute Gasteiger partial charge is 0.304 e. The number of anilines is 2. The number of carbonyl (C=O) groups excluding carboxylic acids is 1. The normalized spacial score (nSPS) is 11.8. The summed E-state index contributed by atoms with van der Waals surface area (Å²) in [7, 11) is -1.25. The van der Waals surface area contributed by atoms with E-state index in [0.717, 1.165) is 20.7 Å². The van der Waals surface area contributed by atoms with Crippen molar-refractivity contribution >= 4 is 50.0 Å². The van der Waals surface area contributed by atoms with Gasteiger partial charge in [-0.25, -0.2) is 8.70 Å². The van der Waals surface area contributed by atoms with Gasteiger partial charge in [0.2, 0.25) is 11.0 Å².